The van der Waals surface area contributed by atoms with Crippen molar-refractivity contribution in [3.63, 3.8) is 0 Å². The molecule has 2 saturated carbocycles. The van der Waals surface area contributed by atoms with Gasteiger partial charge in [0.15, 0.2) is 0 Å². The van der Waals surface area contributed by atoms with Crippen LogP contribution < -0.4 is 5.32 Å². The van der Waals surface area contributed by atoms with E-state index in [9.17, 15) is 0 Å². The van der Waals surface area contributed by atoms with Gasteiger partial charge in [-0.1, -0.05) is 13.3 Å². The topological polar surface area (TPSA) is 12.0 Å². The third-order valence-corrected chi connectivity index (χ3v) is 5.07. The summed E-state index contributed by atoms with van der Waals surface area (Å²) in [5.41, 5.74) is 0.870. The lowest BCUT2D eigenvalue weighted by Gasteiger charge is -2.57. The van der Waals surface area contributed by atoms with Gasteiger partial charge in [0.2, 0.25) is 0 Å². The Balaban J connectivity index is 1.49. The zero-order valence-electron chi connectivity index (χ0n) is 9.39. The summed E-state index contributed by atoms with van der Waals surface area (Å²) in [6.45, 7) is 3.64. The van der Waals surface area contributed by atoms with E-state index in [0.717, 1.165) is 23.3 Å². The molecule has 1 spiro atoms. The maximum absolute atomic E-state index is 3.76. The van der Waals surface area contributed by atoms with Crippen LogP contribution in [0.25, 0.3) is 0 Å². The van der Waals surface area contributed by atoms with Crippen molar-refractivity contribution in [2.24, 2.45) is 17.3 Å². The van der Waals surface area contributed by atoms with Crippen LogP contribution in [-0.4, -0.2) is 12.6 Å². The van der Waals surface area contributed by atoms with Crippen LogP contribution in [0, 0.1) is 17.3 Å². The summed E-state index contributed by atoms with van der Waals surface area (Å²) in [4.78, 5) is 0. The highest BCUT2D eigenvalue weighted by Gasteiger charge is 2.50. The van der Waals surface area contributed by atoms with E-state index in [-0.39, 0.29) is 0 Å². The van der Waals surface area contributed by atoms with Crippen molar-refractivity contribution in [2.75, 3.05) is 6.54 Å². The molecular weight excluding hydrogens is 170 g/mol. The fourth-order valence-electron chi connectivity index (χ4n) is 3.85. The zero-order chi connectivity index (χ0) is 9.60. The van der Waals surface area contributed by atoms with Gasteiger partial charge >= 0.3 is 0 Å². The van der Waals surface area contributed by atoms with Crippen LogP contribution in [0.4, 0.5) is 0 Å². The van der Waals surface area contributed by atoms with Crippen molar-refractivity contribution < 1.29 is 0 Å². The lowest BCUT2D eigenvalue weighted by Crippen LogP contribution is -2.53. The molecule has 1 N–H and O–H groups in total. The molecule has 2 aliphatic carbocycles. The number of piperidine rings is 1. The number of hydrogen-bond donors (Lipinski definition) is 1. The quantitative estimate of drug-likeness (QED) is 0.675. The summed E-state index contributed by atoms with van der Waals surface area (Å²) in [6, 6.07) is 0.887. The maximum Gasteiger partial charge on any atom is 0.00959 e. The minimum atomic E-state index is 0.870. The van der Waals surface area contributed by atoms with Gasteiger partial charge in [-0.25, -0.2) is 0 Å². The molecular formula is C13H23N. The predicted octanol–water partition coefficient (Wildman–Crippen LogP) is 2.95. The van der Waals surface area contributed by atoms with E-state index in [1.54, 1.807) is 25.7 Å². The lowest BCUT2D eigenvalue weighted by atomic mass is 9.50. The van der Waals surface area contributed by atoms with Crippen molar-refractivity contribution in [3.05, 3.63) is 0 Å². The molecule has 3 aliphatic rings. The molecule has 0 aromatic heterocycles. The summed E-state index contributed by atoms with van der Waals surface area (Å²) < 4.78 is 0. The predicted molar refractivity (Wildman–Crippen MR) is 59.2 cm³/mol. The van der Waals surface area contributed by atoms with Gasteiger partial charge in [-0.3, -0.25) is 0 Å². The van der Waals surface area contributed by atoms with Crippen LogP contribution >= 0.6 is 0 Å². The summed E-state index contributed by atoms with van der Waals surface area (Å²) in [6.07, 6.45) is 10.6. The third kappa shape index (κ3) is 1.41. The molecule has 2 atom stereocenters. The van der Waals surface area contributed by atoms with E-state index in [2.05, 4.69) is 12.2 Å². The Morgan fingerprint density at radius 1 is 1.14 bits per heavy atom. The van der Waals surface area contributed by atoms with Gasteiger partial charge in [0, 0.05) is 6.04 Å². The van der Waals surface area contributed by atoms with E-state index in [1.165, 1.54) is 25.8 Å². The molecule has 3 rings (SSSR count). The molecule has 1 heteroatoms. The highest BCUT2D eigenvalue weighted by molar-refractivity contribution is 5.03. The first-order valence-corrected chi connectivity index (χ1v) is 6.51. The zero-order valence-corrected chi connectivity index (χ0v) is 9.39. The second kappa shape index (κ2) is 3.23. The van der Waals surface area contributed by atoms with Crippen molar-refractivity contribution in [1.82, 2.24) is 5.32 Å². The summed E-state index contributed by atoms with van der Waals surface area (Å²) >= 11 is 0. The van der Waals surface area contributed by atoms with Crippen LogP contribution in [0.15, 0.2) is 0 Å². The smallest absolute Gasteiger partial charge is 0.00959 e. The average Bonchev–Trinajstić information content (AvgIpc) is 2.03. The van der Waals surface area contributed by atoms with Gasteiger partial charge in [-0.2, -0.15) is 0 Å². The highest BCUT2D eigenvalue weighted by Crippen LogP contribution is 2.59. The monoisotopic (exact) mass is 193 g/mol. The molecule has 2 unspecified atom stereocenters. The van der Waals surface area contributed by atoms with Crippen molar-refractivity contribution in [1.29, 1.82) is 0 Å². The summed E-state index contributed by atoms with van der Waals surface area (Å²) in [5.74, 6) is 1.96. The first kappa shape index (κ1) is 9.21. The van der Waals surface area contributed by atoms with Crippen LogP contribution in [0.1, 0.15) is 51.9 Å². The van der Waals surface area contributed by atoms with E-state index in [4.69, 9.17) is 0 Å². The molecule has 1 heterocycles. The van der Waals surface area contributed by atoms with E-state index < -0.39 is 0 Å². The van der Waals surface area contributed by atoms with Gasteiger partial charge in [-0.05, 0) is 62.3 Å². The van der Waals surface area contributed by atoms with Gasteiger partial charge in [0.05, 0.1) is 0 Å². The Hall–Kier alpha value is -0.0400. The summed E-state index contributed by atoms with van der Waals surface area (Å²) in [7, 11) is 0. The first-order chi connectivity index (χ1) is 6.77. The van der Waals surface area contributed by atoms with Gasteiger partial charge in [0.25, 0.3) is 0 Å². The molecule has 0 bridgehead atoms. The van der Waals surface area contributed by atoms with Gasteiger partial charge in [0.1, 0.15) is 0 Å². The van der Waals surface area contributed by atoms with Crippen LogP contribution in [0.5, 0.6) is 0 Å². The molecule has 14 heavy (non-hydrogen) atoms. The third-order valence-electron chi connectivity index (χ3n) is 5.07. The Labute approximate surface area is 87.7 Å². The standard InChI is InChI=1S/C13H23N/c1-10-3-4-12(14-9-10)11-7-13(8-11)5-2-6-13/h10-12,14H,2-9H2,1H3. The second-order valence-electron chi connectivity index (χ2n) is 6.22. The van der Waals surface area contributed by atoms with E-state index >= 15 is 0 Å². The van der Waals surface area contributed by atoms with Crippen LogP contribution in [0.2, 0.25) is 0 Å². The molecule has 0 aromatic rings. The first-order valence-electron chi connectivity index (χ1n) is 6.51. The molecule has 0 amide bonds. The fourth-order valence-corrected chi connectivity index (χ4v) is 3.85. The maximum atomic E-state index is 3.76. The number of hydrogen-bond acceptors (Lipinski definition) is 1. The SMILES string of the molecule is CC1CCC(C2CC3(CCC3)C2)NC1. The number of nitrogens with one attached hydrogen (secondary N) is 1. The van der Waals surface area contributed by atoms with Crippen molar-refractivity contribution in [2.45, 2.75) is 57.9 Å². The normalized spacial score (nSPS) is 41.8. The molecule has 3 fully saturated rings. The molecule has 1 nitrogen and oxygen atoms in total. The van der Waals surface area contributed by atoms with Crippen molar-refractivity contribution >= 4 is 0 Å². The second-order valence-corrected chi connectivity index (χ2v) is 6.22. The summed E-state index contributed by atoms with van der Waals surface area (Å²) in [5, 5.41) is 3.76. The minimum Gasteiger partial charge on any atom is -0.313 e. The van der Waals surface area contributed by atoms with Crippen LogP contribution in [0.3, 0.4) is 0 Å². The Kier molecular flexibility index (Phi) is 2.12. The number of rotatable bonds is 1. The molecule has 0 aromatic carbocycles. The van der Waals surface area contributed by atoms with E-state index in [1.807, 2.05) is 0 Å². The minimum absolute atomic E-state index is 0.870. The van der Waals surface area contributed by atoms with Crippen LogP contribution in [-0.2, 0) is 0 Å². The van der Waals surface area contributed by atoms with Gasteiger partial charge in [-0.15, -0.1) is 0 Å². The average molecular weight is 193 g/mol. The molecule has 80 valence electrons. The van der Waals surface area contributed by atoms with E-state index in [0.29, 0.717) is 0 Å². The Morgan fingerprint density at radius 3 is 2.43 bits per heavy atom. The molecule has 1 saturated heterocycles. The fraction of sp³-hybridized carbons (Fsp3) is 1.00. The molecule has 0 radical (unpaired) electrons. The Bertz CT molecular complexity index is 203. The van der Waals surface area contributed by atoms with Crippen molar-refractivity contribution in [3.8, 4) is 0 Å². The molecule has 1 aliphatic heterocycles. The highest BCUT2D eigenvalue weighted by atomic mass is 14.9. The Morgan fingerprint density at radius 2 is 1.93 bits per heavy atom. The lowest BCUT2D eigenvalue weighted by molar-refractivity contribution is -0.0453. The largest absolute Gasteiger partial charge is 0.313 e. The van der Waals surface area contributed by atoms with Gasteiger partial charge < -0.3 is 5.32 Å².